The molecule has 2 aliphatic rings. The number of halogens is 3. The summed E-state index contributed by atoms with van der Waals surface area (Å²) in [6, 6.07) is 6.39. The number of benzene rings is 1. The number of anilines is 2. The molecular formula is C16H18F3N5S. The van der Waals surface area contributed by atoms with Crippen LogP contribution in [0, 0.1) is 0 Å². The Labute approximate surface area is 147 Å². The van der Waals surface area contributed by atoms with E-state index in [9.17, 15) is 13.2 Å². The average molecular weight is 369 g/mol. The Morgan fingerprint density at radius 2 is 1.92 bits per heavy atom. The van der Waals surface area contributed by atoms with Crippen LogP contribution in [0.2, 0.25) is 0 Å². The van der Waals surface area contributed by atoms with Crippen LogP contribution in [-0.4, -0.2) is 47.8 Å². The predicted octanol–water partition coefficient (Wildman–Crippen LogP) is 2.85. The first-order valence-electron chi connectivity index (χ1n) is 8.23. The van der Waals surface area contributed by atoms with Crippen LogP contribution in [0.4, 0.5) is 24.0 Å². The first-order chi connectivity index (χ1) is 12.0. The van der Waals surface area contributed by atoms with Gasteiger partial charge in [-0.3, -0.25) is 4.90 Å². The third-order valence-electron chi connectivity index (χ3n) is 4.63. The minimum atomic E-state index is -4.42. The molecular weight excluding hydrogens is 351 g/mol. The van der Waals surface area contributed by atoms with Gasteiger partial charge in [0.25, 0.3) is 0 Å². The van der Waals surface area contributed by atoms with Crippen molar-refractivity contribution in [2.24, 2.45) is 0 Å². The molecule has 2 aliphatic heterocycles. The van der Waals surface area contributed by atoms with E-state index in [-0.39, 0.29) is 0 Å². The van der Waals surface area contributed by atoms with Gasteiger partial charge in [-0.2, -0.15) is 13.2 Å². The van der Waals surface area contributed by atoms with E-state index in [1.54, 1.807) is 0 Å². The van der Waals surface area contributed by atoms with Crippen molar-refractivity contribution < 1.29 is 13.2 Å². The van der Waals surface area contributed by atoms with Crippen LogP contribution >= 0.6 is 11.3 Å². The molecule has 0 bridgehead atoms. The number of rotatable bonds is 3. The molecule has 0 unspecified atom stereocenters. The Morgan fingerprint density at radius 1 is 1.12 bits per heavy atom. The van der Waals surface area contributed by atoms with E-state index in [1.807, 2.05) is 4.90 Å². The maximum atomic E-state index is 12.7. The molecule has 1 aromatic heterocycles. The number of nitrogens with zero attached hydrogens (tertiary/aromatic N) is 4. The van der Waals surface area contributed by atoms with Gasteiger partial charge < -0.3 is 10.2 Å². The molecule has 1 saturated heterocycles. The van der Waals surface area contributed by atoms with Crippen molar-refractivity contribution in [1.29, 1.82) is 0 Å². The lowest BCUT2D eigenvalue weighted by Gasteiger charge is -2.34. The summed E-state index contributed by atoms with van der Waals surface area (Å²) in [4.78, 5) is 4.22. The number of fused-ring (bicyclic) bond motifs is 1. The molecule has 1 aromatic carbocycles. The summed E-state index contributed by atoms with van der Waals surface area (Å²) >= 11 is 0.618. The van der Waals surface area contributed by atoms with Gasteiger partial charge in [0.2, 0.25) is 10.1 Å². The smallest absolute Gasteiger partial charge is 0.384 e. The molecule has 0 atom stereocenters. The maximum absolute atomic E-state index is 12.7. The molecule has 0 amide bonds. The topological polar surface area (TPSA) is 44.3 Å². The Morgan fingerprint density at radius 3 is 2.64 bits per heavy atom. The van der Waals surface area contributed by atoms with Crippen LogP contribution in [-0.2, 0) is 19.1 Å². The molecule has 2 aromatic rings. The first kappa shape index (κ1) is 16.6. The molecule has 9 heteroatoms. The highest BCUT2D eigenvalue weighted by atomic mass is 32.1. The van der Waals surface area contributed by atoms with Gasteiger partial charge in [-0.25, -0.2) is 0 Å². The molecule has 5 nitrogen and oxygen atoms in total. The lowest BCUT2D eigenvalue weighted by molar-refractivity contribution is -0.138. The number of aromatic nitrogens is 2. The molecule has 0 radical (unpaired) electrons. The van der Waals surface area contributed by atoms with Crippen LogP contribution in [0.15, 0.2) is 18.2 Å². The van der Waals surface area contributed by atoms with Gasteiger partial charge in [-0.1, -0.05) is 29.5 Å². The van der Waals surface area contributed by atoms with Gasteiger partial charge in [0.1, 0.15) is 0 Å². The molecule has 4 rings (SSSR count). The standard InChI is InChI=1S/C16H18F3N5S/c17-16(18,19)14-21-22-15(25-14)24-8-6-23(7-9-24)10-12-3-1-2-11-4-5-20-13(11)12/h1-3,20H,4-10H2. The summed E-state index contributed by atoms with van der Waals surface area (Å²) in [5.74, 6) is 0. The fourth-order valence-electron chi connectivity index (χ4n) is 3.34. The van der Waals surface area contributed by atoms with Gasteiger partial charge in [0.15, 0.2) is 0 Å². The number of nitrogens with one attached hydrogen (secondary N) is 1. The van der Waals surface area contributed by atoms with E-state index < -0.39 is 11.2 Å². The van der Waals surface area contributed by atoms with E-state index >= 15 is 0 Å². The zero-order chi connectivity index (χ0) is 17.4. The molecule has 0 aliphatic carbocycles. The number of hydrogen-bond acceptors (Lipinski definition) is 6. The normalized spacial score (nSPS) is 18.3. The monoisotopic (exact) mass is 369 g/mol. The summed E-state index contributed by atoms with van der Waals surface area (Å²) < 4.78 is 38.0. The second-order valence-corrected chi connectivity index (χ2v) is 7.23. The Hall–Kier alpha value is -1.87. The van der Waals surface area contributed by atoms with Gasteiger partial charge in [-0.15, -0.1) is 10.2 Å². The van der Waals surface area contributed by atoms with Crippen molar-refractivity contribution in [1.82, 2.24) is 15.1 Å². The lowest BCUT2D eigenvalue weighted by Crippen LogP contribution is -2.46. The number of hydrogen-bond donors (Lipinski definition) is 1. The number of piperazine rings is 1. The zero-order valence-corrected chi connectivity index (χ0v) is 14.3. The molecule has 1 N–H and O–H groups in total. The molecule has 134 valence electrons. The van der Waals surface area contributed by atoms with Crippen LogP contribution in [0.25, 0.3) is 0 Å². The summed E-state index contributed by atoms with van der Waals surface area (Å²) in [5, 5.41) is 9.90. The summed E-state index contributed by atoms with van der Waals surface area (Å²) in [6.07, 6.45) is -3.35. The number of alkyl halides is 3. The van der Waals surface area contributed by atoms with E-state index in [4.69, 9.17) is 0 Å². The summed E-state index contributed by atoms with van der Waals surface area (Å²) in [7, 11) is 0. The lowest BCUT2D eigenvalue weighted by atomic mass is 10.1. The molecule has 3 heterocycles. The molecule has 1 fully saturated rings. The first-order valence-corrected chi connectivity index (χ1v) is 9.05. The maximum Gasteiger partial charge on any atom is 0.445 e. The summed E-state index contributed by atoms with van der Waals surface area (Å²) in [5.41, 5.74) is 3.91. The van der Waals surface area contributed by atoms with Gasteiger partial charge in [0, 0.05) is 45.0 Å². The Balaban J connectivity index is 1.37. The SMILES string of the molecule is FC(F)(F)c1nnc(N2CCN(Cc3cccc4c3NCC4)CC2)s1. The fourth-order valence-corrected chi connectivity index (χ4v) is 4.10. The second-order valence-electron chi connectivity index (χ2n) is 6.28. The average Bonchev–Trinajstić information content (AvgIpc) is 3.25. The Bertz CT molecular complexity index is 752. The van der Waals surface area contributed by atoms with Crippen molar-refractivity contribution in [2.45, 2.75) is 19.1 Å². The second kappa shape index (κ2) is 6.45. The highest BCUT2D eigenvalue weighted by molar-refractivity contribution is 7.15. The minimum Gasteiger partial charge on any atom is -0.384 e. The van der Waals surface area contributed by atoms with E-state index in [2.05, 4.69) is 38.6 Å². The van der Waals surface area contributed by atoms with Crippen LogP contribution in [0.5, 0.6) is 0 Å². The van der Waals surface area contributed by atoms with E-state index in [0.717, 1.165) is 32.6 Å². The van der Waals surface area contributed by atoms with Gasteiger partial charge in [-0.05, 0) is 17.5 Å². The van der Waals surface area contributed by atoms with Crippen molar-refractivity contribution in [3.05, 3.63) is 34.3 Å². The minimum absolute atomic E-state index is 0.356. The number of para-hydroxylation sites is 1. The zero-order valence-electron chi connectivity index (χ0n) is 13.5. The molecule has 25 heavy (non-hydrogen) atoms. The molecule has 0 spiro atoms. The van der Waals surface area contributed by atoms with E-state index in [0.29, 0.717) is 29.6 Å². The van der Waals surface area contributed by atoms with E-state index in [1.165, 1.54) is 16.8 Å². The van der Waals surface area contributed by atoms with Crippen molar-refractivity contribution in [2.75, 3.05) is 42.9 Å². The quantitative estimate of drug-likeness (QED) is 0.901. The van der Waals surface area contributed by atoms with Gasteiger partial charge >= 0.3 is 6.18 Å². The van der Waals surface area contributed by atoms with Crippen molar-refractivity contribution in [3.8, 4) is 0 Å². The highest BCUT2D eigenvalue weighted by Gasteiger charge is 2.36. The van der Waals surface area contributed by atoms with Crippen molar-refractivity contribution in [3.63, 3.8) is 0 Å². The largest absolute Gasteiger partial charge is 0.445 e. The Kier molecular flexibility index (Phi) is 4.28. The molecule has 0 saturated carbocycles. The van der Waals surface area contributed by atoms with Crippen LogP contribution in [0.1, 0.15) is 16.1 Å². The third kappa shape index (κ3) is 3.43. The predicted molar refractivity (Wildman–Crippen MR) is 91.0 cm³/mol. The summed E-state index contributed by atoms with van der Waals surface area (Å²) in [6.45, 7) is 4.76. The fraction of sp³-hybridized carbons (Fsp3) is 0.500. The van der Waals surface area contributed by atoms with Crippen LogP contribution < -0.4 is 10.2 Å². The third-order valence-corrected chi connectivity index (χ3v) is 5.66. The van der Waals surface area contributed by atoms with Crippen LogP contribution in [0.3, 0.4) is 0 Å². The van der Waals surface area contributed by atoms with Gasteiger partial charge in [0.05, 0.1) is 0 Å². The van der Waals surface area contributed by atoms with Crippen molar-refractivity contribution >= 4 is 22.2 Å². The highest BCUT2D eigenvalue weighted by Crippen LogP contribution is 2.34.